The molecule has 0 spiro atoms. The fourth-order valence-corrected chi connectivity index (χ4v) is 2.48. The van der Waals surface area contributed by atoms with E-state index in [9.17, 15) is 19.6 Å². The quantitative estimate of drug-likeness (QED) is 0.378. The molecule has 0 bridgehead atoms. The molecule has 2 atom stereocenters. The second-order valence-electron chi connectivity index (χ2n) is 6.15. The van der Waals surface area contributed by atoms with E-state index in [2.05, 4.69) is 5.32 Å². The summed E-state index contributed by atoms with van der Waals surface area (Å²) in [6.45, 7) is 1.89. The molecule has 26 heavy (non-hydrogen) atoms. The van der Waals surface area contributed by atoms with E-state index in [1.165, 1.54) is 4.90 Å². The van der Waals surface area contributed by atoms with Gasteiger partial charge < -0.3 is 10.2 Å². The van der Waals surface area contributed by atoms with Crippen molar-refractivity contribution in [3.63, 3.8) is 0 Å². The summed E-state index contributed by atoms with van der Waals surface area (Å²) in [6, 6.07) is 8.17. The lowest BCUT2D eigenvalue weighted by atomic mass is 9.99. The van der Waals surface area contributed by atoms with Gasteiger partial charge in [0.05, 0.1) is 12.5 Å². The van der Waals surface area contributed by atoms with Gasteiger partial charge in [0.2, 0.25) is 18.2 Å². The zero-order valence-corrected chi connectivity index (χ0v) is 15.0. The second-order valence-corrected chi connectivity index (χ2v) is 6.15. The number of amides is 3. The molecule has 1 aromatic carbocycles. The zero-order chi connectivity index (χ0) is 18.8. The third-order valence-corrected chi connectivity index (χ3v) is 3.91. The Kier molecular flexibility index (Phi) is 10.9. The summed E-state index contributed by atoms with van der Waals surface area (Å²) in [4.78, 5) is 37.2. The lowest BCUT2D eigenvalue weighted by molar-refractivity contribution is -0.155. The van der Waals surface area contributed by atoms with Crippen molar-refractivity contribution in [1.29, 1.82) is 0 Å². The van der Waals surface area contributed by atoms with Crippen LogP contribution in [0.5, 0.6) is 0 Å². The van der Waals surface area contributed by atoms with E-state index in [0.29, 0.717) is 17.0 Å². The van der Waals surface area contributed by atoms with E-state index in [1.54, 1.807) is 38.4 Å². The Bertz CT molecular complexity index is 563. The maximum atomic E-state index is 12.7. The van der Waals surface area contributed by atoms with Crippen molar-refractivity contribution in [2.75, 3.05) is 20.6 Å². The van der Waals surface area contributed by atoms with Gasteiger partial charge in [-0.05, 0) is 12.0 Å². The van der Waals surface area contributed by atoms with E-state index < -0.39 is 12.0 Å². The van der Waals surface area contributed by atoms with E-state index in [0.717, 1.165) is 12.8 Å². The summed E-state index contributed by atoms with van der Waals surface area (Å²) >= 11 is 0. The average molecular weight is 365 g/mol. The lowest BCUT2D eigenvalue weighted by Gasteiger charge is -2.25. The first-order chi connectivity index (χ1) is 11.9. The molecule has 0 radical (unpaired) electrons. The standard InChI is InChI=1S/C18H27N3O4.CH4/c1-4-5-9-15(12-21(25)13-22)17(23)19-16(18(24)20(2)3)14-10-7-6-8-11-14;/h6-8,10-11,13,15-16,25H,4-5,9,12H2,1-3H3,(H,19,23);1H4/t15-,16+;/m1./s1. The number of rotatable bonds is 10. The number of unbranched alkanes of at least 4 members (excludes halogenated alkanes) is 1. The molecule has 0 aliphatic rings. The molecule has 2 N–H and O–H groups in total. The Hall–Kier alpha value is -2.41. The SMILES string of the molecule is C.CCCC[C@H](CN(O)C=O)C(=O)N[C@H](C(=O)N(C)C)c1ccccc1. The van der Waals surface area contributed by atoms with Crippen LogP contribution in [-0.4, -0.2) is 54.0 Å². The van der Waals surface area contributed by atoms with Crippen molar-refractivity contribution >= 4 is 18.2 Å². The molecule has 1 aromatic rings. The van der Waals surface area contributed by atoms with Gasteiger partial charge in [-0.25, -0.2) is 5.06 Å². The van der Waals surface area contributed by atoms with Gasteiger partial charge in [-0.3, -0.25) is 19.6 Å². The Morgan fingerprint density at radius 2 is 1.85 bits per heavy atom. The third kappa shape index (κ3) is 7.23. The zero-order valence-electron chi connectivity index (χ0n) is 15.0. The van der Waals surface area contributed by atoms with Crippen molar-refractivity contribution in [2.24, 2.45) is 5.92 Å². The van der Waals surface area contributed by atoms with Crippen LogP contribution in [0.1, 0.15) is 45.2 Å². The average Bonchev–Trinajstić information content (AvgIpc) is 2.62. The monoisotopic (exact) mass is 365 g/mol. The largest absolute Gasteiger partial charge is 0.347 e. The predicted octanol–water partition coefficient (Wildman–Crippen LogP) is 2.22. The Morgan fingerprint density at radius 3 is 2.35 bits per heavy atom. The first-order valence-electron chi connectivity index (χ1n) is 8.38. The highest BCUT2D eigenvalue weighted by molar-refractivity contribution is 5.89. The molecule has 0 saturated heterocycles. The highest BCUT2D eigenvalue weighted by Gasteiger charge is 2.28. The van der Waals surface area contributed by atoms with Crippen LogP contribution in [0.15, 0.2) is 30.3 Å². The fraction of sp³-hybridized carbons (Fsp3) is 0.526. The predicted molar refractivity (Wildman–Crippen MR) is 100 cm³/mol. The van der Waals surface area contributed by atoms with Crippen LogP contribution in [0.2, 0.25) is 0 Å². The van der Waals surface area contributed by atoms with Gasteiger partial charge in [0.25, 0.3) is 0 Å². The number of nitrogens with zero attached hydrogens (tertiary/aromatic N) is 2. The molecular formula is C19H31N3O4. The molecule has 0 saturated carbocycles. The van der Waals surface area contributed by atoms with Gasteiger partial charge in [0.15, 0.2) is 0 Å². The van der Waals surface area contributed by atoms with Crippen LogP contribution in [0, 0.1) is 5.92 Å². The van der Waals surface area contributed by atoms with Crippen molar-refractivity contribution in [1.82, 2.24) is 15.3 Å². The van der Waals surface area contributed by atoms with Crippen molar-refractivity contribution in [3.8, 4) is 0 Å². The maximum absolute atomic E-state index is 12.7. The smallest absolute Gasteiger partial charge is 0.249 e. The van der Waals surface area contributed by atoms with Crippen LogP contribution in [-0.2, 0) is 14.4 Å². The van der Waals surface area contributed by atoms with E-state index >= 15 is 0 Å². The van der Waals surface area contributed by atoms with E-state index in [4.69, 9.17) is 0 Å². The number of hydrogen-bond donors (Lipinski definition) is 2. The molecule has 0 aromatic heterocycles. The minimum Gasteiger partial charge on any atom is -0.347 e. The first-order valence-corrected chi connectivity index (χ1v) is 8.38. The Morgan fingerprint density at radius 1 is 1.23 bits per heavy atom. The minimum absolute atomic E-state index is 0. The molecular weight excluding hydrogens is 334 g/mol. The summed E-state index contributed by atoms with van der Waals surface area (Å²) in [5.41, 5.74) is 0.681. The molecule has 0 unspecified atom stereocenters. The summed E-state index contributed by atoms with van der Waals surface area (Å²) in [5.74, 6) is -1.19. The van der Waals surface area contributed by atoms with Crippen molar-refractivity contribution in [2.45, 2.75) is 39.7 Å². The molecule has 146 valence electrons. The van der Waals surface area contributed by atoms with Gasteiger partial charge >= 0.3 is 0 Å². The summed E-state index contributed by atoms with van der Waals surface area (Å²) < 4.78 is 0. The molecule has 7 nitrogen and oxygen atoms in total. The summed E-state index contributed by atoms with van der Waals surface area (Å²) in [6.07, 6.45) is 2.45. The number of carbonyl (C=O) groups is 3. The first kappa shape index (κ1) is 23.6. The van der Waals surface area contributed by atoms with Crippen molar-refractivity contribution in [3.05, 3.63) is 35.9 Å². The normalized spacial score (nSPS) is 12.3. The van der Waals surface area contributed by atoms with Gasteiger partial charge in [0.1, 0.15) is 6.04 Å². The van der Waals surface area contributed by atoms with E-state index in [1.807, 2.05) is 13.0 Å². The summed E-state index contributed by atoms with van der Waals surface area (Å²) in [7, 11) is 3.25. The molecule has 7 heteroatoms. The van der Waals surface area contributed by atoms with Crippen molar-refractivity contribution < 1.29 is 19.6 Å². The molecule has 0 aliphatic heterocycles. The van der Waals surface area contributed by atoms with E-state index in [-0.39, 0.29) is 32.2 Å². The molecule has 0 aliphatic carbocycles. The lowest BCUT2D eigenvalue weighted by Crippen LogP contribution is -2.44. The van der Waals surface area contributed by atoms with Crippen LogP contribution >= 0.6 is 0 Å². The third-order valence-electron chi connectivity index (χ3n) is 3.91. The number of likely N-dealkylation sites (N-methyl/N-ethyl adjacent to an activating group) is 1. The fourth-order valence-electron chi connectivity index (χ4n) is 2.48. The van der Waals surface area contributed by atoms with Gasteiger partial charge in [-0.1, -0.05) is 57.5 Å². The molecule has 3 amide bonds. The Labute approximate surface area is 155 Å². The van der Waals surface area contributed by atoms with Crippen LogP contribution in [0.3, 0.4) is 0 Å². The minimum atomic E-state index is -0.809. The number of benzene rings is 1. The number of nitrogens with one attached hydrogen (secondary N) is 1. The van der Waals surface area contributed by atoms with Crippen LogP contribution < -0.4 is 5.32 Å². The Balaban J connectivity index is 0.00000625. The number of hydrogen-bond acceptors (Lipinski definition) is 4. The van der Waals surface area contributed by atoms with Gasteiger partial charge in [0, 0.05) is 14.1 Å². The van der Waals surface area contributed by atoms with Gasteiger partial charge in [-0.15, -0.1) is 0 Å². The molecule has 1 rings (SSSR count). The highest BCUT2D eigenvalue weighted by atomic mass is 16.5. The topological polar surface area (TPSA) is 90.0 Å². The van der Waals surface area contributed by atoms with Crippen LogP contribution in [0.4, 0.5) is 0 Å². The molecule has 0 fully saturated rings. The summed E-state index contributed by atoms with van der Waals surface area (Å²) in [5, 5.41) is 12.7. The molecule has 0 heterocycles. The van der Waals surface area contributed by atoms with Crippen LogP contribution in [0.25, 0.3) is 0 Å². The maximum Gasteiger partial charge on any atom is 0.249 e. The highest BCUT2D eigenvalue weighted by Crippen LogP contribution is 2.17. The second kappa shape index (κ2) is 12.0. The van der Waals surface area contributed by atoms with Gasteiger partial charge in [-0.2, -0.15) is 0 Å². The number of hydroxylamine groups is 2. The number of carbonyl (C=O) groups excluding carboxylic acids is 3.